The van der Waals surface area contributed by atoms with E-state index in [1.807, 2.05) is 24.3 Å². The van der Waals surface area contributed by atoms with Gasteiger partial charge in [-0.05, 0) is 17.7 Å². The molecule has 1 aromatic heterocycles. The van der Waals surface area contributed by atoms with E-state index in [9.17, 15) is 4.79 Å². The summed E-state index contributed by atoms with van der Waals surface area (Å²) in [6.45, 7) is 0. The van der Waals surface area contributed by atoms with E-state index in [0.717, 1.165) is 12.1 Å². The number of pyridine rings is 1. The molecular formula is C13H10N2O. The van der Waals surface area contributed by atoms with Crippen LogP contribution >= 0.6 is 0 Å². The fraction of sp³-hybridized carbons (Fsp3) is 0.0769. The Morgan fingerprint density at radius 3 is 2.56 bits per heavy atom. The average molecular weight is 210 g/mol. The SMILES string of the molecule is O=C=Nc1ccc(Cc2ccccc2)nc1. The molecule has 3 nitrogen and oxygen atoms in total. The maximum Gasteiger partial charge on any atom is 0.240 e. The zero-order valence-corrected chi connectivity index (χ0v) is 8.63. The van der Waals surface area contributed by atoms with Crippen LogP contribution in [-0.4, -0.2) is 11.1 Å². The Hall–Kier alpha value is -2.25. The van der Waals surface area contributed by atoms with Crippen molar-refractivity contribution in [3.05, 3.63) is 59.9 Å². The van der Waals surface area contributed by atoms with Crippen molar-refractivity contribution in [3.8, 4) is 0 Å². The maximum absolute atomic E-state index is 10.0. The molecule has 0 aliphatic heterocycles. The van der Waals surface area contributed by atoms with Gasteiger partial charge in [-0.3, -0.25) is 4.98 Å². The first-order chi connectivity index (χ1) is 7.88. The lowest BCUT2D eigenvalue weighted by atomic mass is 10.1. The molecule has 0 radical (unpaired) electrons. The molecule has 0 saturated carbocycles. The molecule has 0 spiro atoms. The second kappa shape index (κ2) is 5.01. The summed E-state index contributed by atoms with van der Waals surface area (Å²) in [5.41, 5.74) is 2.70. The molecular weight excluding hydrogens is 200 g/mol. The highest BCUT2D eigenvalue weighted by Gasteiger charge is 1.97. The zero-order chi connectivity index (χ0) is 11.2. The molecule has 0 aliphatic rings. The number of aromatic nitrogens is 1. The predicted molar refractivity (Wildman–Crippen MR) is 61.3 cm³/mol. The van der Waals surface area contributed by atoms with Crippen LogP contribution in [0.5, 0.6) is 0 Å². The number of isocyanates is 1. The van der Waals surface area contributed by atoms with E-state index in [-0.39, 0.29) is 0 Å². The topological polar surface area (TPSA) is 42.3 Å². The van der Waals surface area contributed by atoms with Crippen molar-refractivity contribution >= 4 is 11.8 Å². The second-order valence-corrected chi connectivity index (χ2v) is 3.37. The average Bonchev–Trinajstić information content (AvgIpc) is 2.33. The van der Waals surface area contributed by atoms with Crippen molar-refractivity contribution in [2.75, 3.05) is 0 Å². The third kappa shape index (κ3) is 2.62. The fourth-order valence-electron chi connectivity index (χ4n) is 1.45. The summed E-state index contributed by atoms with van der Waals surface area (Å²) in [6, 6.07) is 13.7. The van der Waals surface area contributed by atoms with E-state index in [1.165, 1.54) is 11.6 Å². The molecule has 0 bridgehead atoms. The number of hydrogen-bond donors (Lipinski definition) is 0. The van der Waals surface area contributed by atoms with Gasteiger partial charge < -0.3 is 0 Å². The van der Waals surface area contributed by atoms with Crippen LogP contribution in [0.15, 0.2) is 53.7 Å². The van der Waals surface area contributed by atoms with Gasteiger partial charge in [-0.1, -0.05) is 30.3 Å². The van der Waals surface area contributed by atoms with E-state index >= 15 is 0 Å². The Bertz CT molecular complexity index is 499. The normalized spacial score (nSPS) is 9.50. The fourth-order valence-corrected chi connectivity index (χ4v) is 1.45. The second-order valence-electron chi connectivity index (χ2n) is 3.37. The minimum absolute atomic E-state index is 0.534. The van der Waals surface area contributed by atoms with Crippen molar-refractivity contribution in [1.82, 2.24) is 4.98 Å². The summed E-state index contributed by atoms with van der Waals surface area (Å²) >= 11 is 0. The Labute approximate surface area is 93.5 Å². The van der Waals surface area contributed by atoms with Gasteiger partial charge in [0.05, 0.1) is 11.9 Å². The van der Waals surface area contributed by atoms with Crippen molar-refractivity contribution in [2.45, 2.75) is 6.42 Å². The lowest BCUT2D eigenvalue weighted by molar-refractivity contribution is 0.565. The largest absolute Gasteiger partial charge is 0.259 e. The third-order valence-electron chi connectivity index (χ3n) is 2.21. The van der Waals surface area contributed by atoms with E-state index in [0.29, 0.717) is 5.69 Å². The van der Waals surface area contributed by atoms with E-state index in [2.05, 4.69) is 22.1 Å². The lowest BCUT2D eigenvalue weighted by Gasteiger charge is -2.00. The van der Waals surface area contributed by atoms with Gasteiger partial charge in [-0.2, -0.15) is 4.99 Å². The van der Waals surface area contributed by atoms with Crippen molar-refractivity contribution in [2.24, 2.45) is 4.99 Å². The van der Waals surface area contributed by atoms with Gasteiger partial charge >= 0.3 is 0 Å². The van der Waals surface area contributed by atoms with Crippen LogP contribution in [0.1, 0.15) is 11.3 Å². The Balaban J connectivity index is 2.14. The molecule has 0 N–H and O–H groups in total. The number of rotatable bonds is 3. The summed E-state index contributed by atoms with van der Waals surface area (Å²) in [5.74, 6) is 0. The van der Waals surface area contributed by atoms with Crippen LogP contribution in [0.4, 0.5) is 5.69 Å². The Morgan fingerprint density at radius 2 is 1.94 bits per heavy atom. The molecule has 3 heteroatoms. The molecule has 0 amide bonds. The van der Waals surface area contributed by atoms with Gasteiger partial charge in [-0.15, -0.1) is 0 Å². The molecule has 1 aromatic carbocycles. The van der Waals surface area contributed by atoms with Crippen LogP contribution in [0.25, 0.3) is 0 Å². The van der Waals surface area contributed by atoms with Crippen LogP contribution in [0.3, 0.4) is 0 Å². The first-order valence-electron chi connectivity index (χ1n) is 4.95. The standard InChI is InChI=1S/C13H10N2O/c16-10-15-13-7-6-12(14-9-13)8-11-4-2-1-3-5-11/h1-7,9H,8H2. The van der Waals surface area contributed by atoms with Crippen LogP contribution < -0.4 is 0 Å². The smallest absolute Gasteiger partial charge is 0.240 e. The van der Waals surface area contributed by atoms with Gasteiger partial charge in [0.25, 0.3) is 0 Å². The molecule has 78 valence electrons. The molecule has 0 saturated heterocycles. The minimum atomic E-state index is 0.534. The number of nitrogens with zero attached hydrogens (tertiary/aromatic N) is 2. The van der Waals surface area contributed by atoms with Gasteiger partial charge in [0.2, 0.25) is 6.08 Å². The summed E-state index contributed by atoms with van der Waals surface area (Å²) in [7, 11) is 0. The van der Waals surface area contributed by atoms with Gasteiger partial charge in [0.15, 0.2) is 0 Å². The van der Waals surface area contributed by atoms with Gasteiger partial charge in [0, 0.05) is 12.1 Å². The van der Waals surface area contributed by atoms with Crippen LogP contribution in [0, 0.1) is 0 Å². The van der Waals surface area contributed by atoms with E-state index in [4.69, 9.17) is 0 Å². The van der Waals surface area contributed by atoms with Crippen molar-refractivity contribution in [1.29, 1.82) is 0 Å². The van der Waals surface area contributed by atoms with Crippen molar-refractivity contribution in [3.63, 3.8) is 0 Å². The van der Waals surface area contributed by atoms with E-state index in [1.54, 1.807) is 12.3 Å². The summed E-state index contributed by atoms with van der Waals surface area (Å²) in [6.07, 6.45) is 3.84. The maximum atomic E-state index is 10.0. The number of benzene rings is 1. The molecule has 2 aromatic rings. The molecule has 0 fully saturated rings. The first-order valence-corrected chi connectivity index (χ1v) is 4.95. The molecule has 2 rings (SSSR count). The monoisotopic (exact) mass is 210 g/mol. The van der Waals surface area contributed by atoms with Crippen LogP contribution in [-0.2, 0) is 11.2 Å². The minimum Gasteiger partial charge on any atom is -0.259 e. The zero-order valence-electron chi connectivity index (χ0n) is 8.63. The number of hydrogen-bond acceptors (Lipinski definition) is 3. The summed E-state index contributed by atoms with van der Waals surface area (Å²) in [5, 5.41) is 0. The molecule has 0 atom stereocenters. The summed E-state index contributed by atoms with van der Waals surface area (Å²) in [4.78, 5) is 17.7. The summed E-state index contributed by atoms with van der Waals surface area (Å²) < 4.78 is 0. The quantitative estimate of drug-likeness (QED) is 0.577. The number of carbonyl (C=O) groups excluding carboxylic acids is 1. The van der Waals surface area contributed by atoms with Gasteiger partial charge in [-0.25, -0.2) is 4.79 Å². The highest BCUT2D eigenvalue weighted by molar-refractivity contribution is 5.47. The van der Waals surface area contributed by atoms with Crippen molar-refractivity contribution < 1.29 is 4.79 Å². The molecule has 1 heterocycles. The third-order valence-corrected chi connectivity index (χ3v) is 2.21. The molecule has 0 unspecified atom stereocenters. The molecule has 0 aliphatic carbocycles. The highest BCUT2D eigenvalue weighted by Crippen LogP contribution is 2.12. The number of aliphatic imine (C=N–C) groups is 1. The van der Waals surface area contributed by atoms with Crippen LogP contribution in [0.2, 0.25) is 0 Å². The predicted octanol–water partition coefficient (Wildman–Crippen LogP) is 2.64. The Morgan fingerprint density at radius 1 is 1.12 bits per heavy atom. The highest BCUT2D eigenvalue weighted by atomic mass is 16.1. The van der Waals surface area contributed by atoms with Gasteiger partial charge in [0.1, 0.15) is 0 Å². The Kier molecular flexibility index (Phi) is 3.22. The lowest BCUT2D eigenvalue weighted by Crippen LogP contribution is -1.90. The van der Waals surface area contributed by atoms with E-state index < -0.39 is 0 Å². The molecule has 16 heavy (non-hydrogen) atoms. The first kappa shape index (κ1) is 10.3.